The van der Waals surface area contributed by atoms with E-state index in [1.165, 1.54) is 22.3 Å². The number of hydrogen-bond donors (Lipinski definition) is 1. The normalized spacial score (nSPS) is 10.6. The molecule has 0 unspecified atom stereocenters. The maximum Gasteiger partial charge on any atom is 0.0895 e. The summed E-state index contributed by atoms with van der Waals surface area (Å²) in [5, 5.41) is 3.14. The summed E-state index contributed by atoms with van der Waals surface area (Å²) in [6.07, 6.45) is 1.87. The second-order valence-electron chi connectivity index (χ2n) is 4.93. The van der Waals surface area contributed by atoms with Crippen LogP contribution in [-0.2, 0) is 12.8 Å². The summed E-state index contributed by atoms with van der Waals surface area (Å²) in [4.78, 5) is 0. The van der Waals surface area contributed by atoms with Crippen LogP contribution in [0, 0.1) is 0 Å². The maximum atomic E-state index is 6.16. The minimum Gasteiger partial charge on any atom is -0.390 e. The molecule has 0 fully saturated rings. The Morgan fingerprint density at radius 3 is 1.90 bits per heavy atom. The second kappa shape index (κ2) is 5.93. The van der Waals surface area contributed by atoms with E-state index in [2.05, 4.69) is 60.0 Å². The van der Waals surface area contributed by atoms with E-state index in [-0.39, 0.29) is 0 Å². The third-order valence-corrected chi connectivity index (χ3v) is 4.38. The number of nitrogens with two attached hydrogens (primary N) is 1. The molecule has 0 aliphatic heterocycles. The van der Waals surface area contributed by atoms with Gasteiger partial charge >= 0.3 is 0 Å². The van der Waals surface area contributed by atoms with Gasteiger partial charge in [-0.1, -0.05) is 60.7 Å². The fourth-order valence-corrected chi connectivity index (χ4v) is 3.24. The van der Waals surface area contributed by atoms with Crippen molar-refractivity contribution in [2.75, 3.05) is 5.73 Å². The summed E-state index contributed by atoms with van der Waals surface area (Å²) in [7, 11) is 0. The number of nitrogen functional groups attached to an aromatic ring is 1. The van der Waals surface area contributed by atoms with E-state index in [4.69, 9.17) is 5.73 Å². The molecule has 3 aromatic rings. The standard InChI is InChI=1S/C18H17NS/c19-18-17(12-15-9-5-2-6-10-15)16(13-20-18)11-14-7-3-1-4-8-14/h1-10,13H,11-12,19H2. The molecule has 100 valence electrons. The van der Waals surface area contributed by atoms with E-state index in [1.807, 2.05) is 6.07 Å². The predicted molar refractivity (Wildman–Crippen MR) is 87.2 cm³/mol. The minimum atomic E-state index is 0.915. The van der Waals surface area contributed by atoms with Gasteiger partial charge in [0.1, 0.15) is 0 Å². The number of thiophene rings is 1. The molecule has 2 aromatic carbocycles. The van der Waals surface area contributed by atoms with Crippen molar-refractivity contribution in [3.63, 3.8) is 0 Å². The molecular weight excluding hydrogens is 262 g/mol. The van der Waals surface area contributed by atoms with Crippen LogP contribution < -0.4 is 5.73 Å². The van der Waals surface area contributed by atoms with Gasteiger partial charge < -0.3 is 5.73 Å². The highest BCUT2D eigenvalue weighted by molar-refractivity contribution is 7.14. The molecule has 0 bridgehead atoms. The van der Waals surface area contributed by atoms with Crippen molar-refractivity contribution >= 4 is 16.3 Å². The van der Waals surface area contributed by atoms with Crippen molar-refractivity contribution in [3.8, 4) is 0 Å². The molecule has 1 heterocycles. The van der Waals surface area contributed by atoms with Gasteiger partial charge in [-0.05, 0) is 34.1 Å². The topological polar surface area (TPSA) is 26.0 Å². The van der Waals surface area contributed by atoms with E-state index in [9.17, 15) is 0 Å². The lowest BCUT2D eigenvalue weighted by Crippen LogP contribution is -1.97. The Bertz CT molecular complexity index is 671. The van der Waals surface area contributed by atoms with Crippen LogP contribution in [0.1, 0.15) is 22.3 Å². The highest BCUT2D eigenvalue weighted by atomic mass is 32.1. The molecule has 0 spiro atoms. The van der Waals surface area contributed by atoms with Crippen LogP contribution in [0.4, 0.5) is 5.00 Å². The van der Waals surface area contributed by atoms with Gasteiger partial charge in [0.25, 0.3) is 0 Å². The highest BCUT2D eigenvalue weighted by Crippen LogP contribution is 2.29. The first kappa shape index (κ1) is 12.9. The van der Waals surface area contributed by atoms with Crippen LogP contribution in [0.25, 0.3) is 0 Å². The van der Waals surface area contributed by atoms with Crippen molar-refractivity contribution in [3.05, 3.63) is 88.3 Å². The first-order chi connectivity index (χ1) is 9.83. The second-order valence-corrected chi connectivity index (χ2v) is 5.84. The van der Waals surface area contributed by atoms with E-state index in [0.29, 0.717) is 0 Å². The zero-order valence-electron chi connectivity index (χ0n) is 11.3. The molecule has 1 aromatic heterocycles. The largest absolute Gasteiger partial charge is 0.390 e. The quantitative estimate of drug-likeness (QED) is 0.747. The third kappa shape index (κ3) is 2.91. The SMILES string of the molecule is Nc1scc(Cc2ccccc2)c1Cc1ccccc1. The highest BCUT2D eigenvalue weighted by Gasteiger charge is 2.10. The van der Waals surface area contributed by atoms with Crippen LogP contribution in [0.2, 0.25) is 0 Å². The van der Waals surface area contributed by atoms with Gasteiger partial charge in [-0.2, -0.15) is 0 Å². The predicted octanol–water partition coefficient (Wildman–Crippen LogP) is 4.51. The number of rotatable bonds is 4. The maximum absolute atomic E-state index is 6.16. The van der Waals surface area contributed by atoms with Crippen LogP contribution in [0.5, 0.6) is 0 Å². The monoisotopic (exact) mass is 279 g/mol. The Kier molecular flexibility index (Phi) is 3.84. The number of hydrogen-bond acceptors (Lipinski definition) is 2. The lowest BCUT2D eigenvalue weighted by molar-refractivity contribution is 1.11. The van der Waals surface area contributed by atoms with Gasteiger partial charge in [-0.3, -0.25) is 0 Å². The zero-order chi connectivity index (χ0) is 13.8. The van der Waals surface area contributed by atoms with Crippen molar-refractivity contribution in [2.45, 2.75) is 12.8 Å². The summed E-state index contributed by atoms with van der Waals surface area (Å²) >= 11 is 1.65. The molecule has 0 saturated carbocycles. The fourth-order valence-electron chi connectivity index (χ4n) is 2.40. The Balaban J connectivity index is 1.86. The Morgan fingerprint density at radius 1 is 0.750 bits per heavy atom. The summed E-state index contributed by atoms with van der Waals surface area (Å²) in [6.45, 7) is 0. The average molecular weight is 279 g/mol. The molecule has 20 heavy (non-hydrogen) atoms. The van der Waals surface area contributed by atoms with Crippen LogP contribution in [-0.4, -0.2) is 0 Å². The van der Waals surface area contributed by atoms with Gasteiger partial charge in [0.15, 0.2) is 0 Å². The van der Waals surface area contributed by atoms with Gasteiger partial charge in [-0.15, -0.1) is 11.3 Å². The molecule has 2 N–H and O–H groups in total. The zero-order valence-corrected chi connectivity index (χ0v) is 12.1. The lowest BCUT2D eigenvalue weighted by Gasteiger charge is -2.06. The van der Waals surface area contributed by atoms with E-state index >= 15 is 0 Å². The van der Waals surface area contributed by atoms with Gasteiger partial charge in [0, 0.05) is 6.42 Å². The van der Waals surface area contributed by atoms with Crippen molar-refractivity contribution in [1.82, 2.24) is 0 Å². The molecule has 1 nitrogen and oxygen atoms in total. The molecule has 0 amide bonds. The minimum absolute atomic E-state index is 0.915. The molecule has 0 saturated heterocycles. The van der Waals surface area contributed by atoms with Crippen LogP contribution in [0.3, 0.4) is 0 Å². The summed E-state index contributed by atoms with van der Waals surface area (Å²) in [5.41, 5.74) is 11.4. The van der Waals surface area contributed by atoms with Gasteiger partial charge in [-0.25, -0.2) is 0 Å². The first-order valence-electron chi connectivity index (χ1n) is 6.75. The van der Waals surface area contributed by atoms with E-state index in [1.54, 1.807) is 11.3 Å². The molecule has 0 radical (unpaired) electrons. The van der Waals surface area contributed by atoms with Gasteiger partial charge in [0.05, 0.1) is 5.00 Å². The van der Waals surface area contributed by atoms with Crippen LogP contribution >= 0.6 is 11.3 Å². The smallest absolute Gasteiger partial charge is 0.0895 e. The third-order valence-electron chi connectivity index (χ3n) is 3.47. The summed E-state index contributed by atoms with van der Waals surface area (Å²) in [5.74, 6) is 0. The first-order valence-corrected chi connectivity index (χ1v) is 7.63. The van der Waals surface area contributed by atoms with Crippen LogP contribution in [0.15, 0.2) is 66.0 Å². The number of benzene rings is 2. The molecule has 3 rings (SSSR count). The van der Waals surface area contributed by atoms with Crippen molar-refractivity contribution < 1.29 is 0 Å². The Morgan fingerprint density at radius 2 is 1.30 bits per heavy atom. The number of anilines is 1. The summed E-state index contributed by atoms with van der Waals surface area (Å²) < 4.78 is 0. The average Bonchev–Trinajstić information content (AvgIpc) is 2.83. The van der Waals surface area contributed by atoms with E-state index < -0.39 is 0 Å². The van der Waals surface area contributed by atoms with Crippen molar-refractivity contribution in [1.29, 1.82) is 0 Å². The lowest BCUT2D eigenvalue weighted by atomic mass is 9.99. The molecule has 2 heteroatoms. The fraction of sp³-hybridized carbons (Fsp3) is 0.111. The molecular formula is C18H17NS. The molecule has 0 aliphatic rings. The molecule has 0 atom stereocenters. The Hall–Kier alpha value is -2.06. The van der Waals surface area contributed by atoms with E-state index in [0.717, 1.165) is 17.8 Å². The van der Waals surface area contributed by atoms with Crippen molar-refractivity contribution in [2.24, 2.45) is 0 Å². The molecule has 0 aliphatic carbocycles. The van der Waals surface area contributed by atoms with Gasteiger partial charge in [0.2, 0.25) is 0 Å². The Labute approximate surface area is 123 Å². The summed E-state index contributed by atoms with van der Waals surface area (Å²) in [6, 6.07) is 21.1.